The van der Waals surface area contributed by atoms with E-state index in [1.54, 1.807) is 23.0 Å². The Morgan fingerprint density at radius 1 is 1.15 bits per heavy atom. The molecule has 0 bridgehead atoms. The Balaban J connectivity index is 1.57. The molecular formula is C19H21N3O4. The number of benzene rings is 1. The fourth-order valence-electron chi connectivity index (χ4n) is 2.34. The molecule has 0 unspecified atom stereocenters. The van der Waals surface area contributed by atoms with E-state index >= 15 is 0 Å². The highest BCUT2D eigenvalue weighted by Gasteiger charge is 2.14. The second kappa shape index (κ2) is 7.77. The molecule has 2 heterocycles. The highest BCUT2D eigenvalue weighted by Crippen LogP contribution is 2.20. The average Bonchev–Trinajstić information content (AvgIpc) is 3.24. The molecular weight excluding hydrogens is 334 g/mol. The molecule has 0 aliphatic carbocycles. The number of aryl methyl sites for hydroxylation is 1. The molecule has 1 N–H and O–H groups in total. The van der Waals surface area contributed by atoms with Crippen LogP contribution in [0.2, 0.25) is 0 Å². The van der Waals surface area contributed by atoms with Gasteiger partial charge in [-0.15, -0.1) is 0 Å². The summed E-state index contributed by atoms with van der Waals surface area (Å²) in [7, 11) is 1.81. The number of hydrogen-bond donors (Lipinski definition) is 1. The maximum Gasteiger partial charge on any atom is 0.291 e. The van der Waals surface area contributed by atoms with E-state index in [-0.39, 0.29) is 18.3 Å². The number of hydrogen-bond acceptors (Lipinski definition) is 5. The predicted octanol–water partition coefficient (Wildman–Crippen LogP) is 3.55. The molecule has 3 rings (SSSR count). The van der Waals surface area contributed by atoms with Gasteiger partial charge in [-0.1, -0.05) is 0 Å². The van der Waals surface area contributed by atoms with Gasteiger partial charge in [0, 0.05) is 7.05 Å². The van der Waals surface area contributed by atoms with Crippen LogP contribution < -0.4 is 14.8 Å². The number of ether oxygens (including phenoxy) is 2. The highest BCUT2D eigenvalue weighted by molar-refractivity contribution is 6.02. The lowest BCUT2D eigenvalue weighted by Gasteiger charge is -2.06. The fourth-order valence-corrected chi connectivity index (χ4v) is 2.34. The quantitative estimate of drug-likeness (QED) is 0.701. The van der Waals surface area contributed by atoms with Crippen LogP contribution in [0.1, 0.15) is 28.9 Å². The molecule has 0 aliphatic heterocycles. The van der Waals surface area contributed by atoms with Crippen LogP contribution in [0.25, 0.3) is 0 Å². The zero-order valence-corrected chi connectivity index (χ0v) is 15.0. The number of rotatable bonds is 7. The number of aromatic nitrogens is 2. The first-order valence-electron chi connectivity index (χ1n) is 8.31. The van der Waals surface area contributed by atoms with Gasteiger partial charge in [-0.2, -0.15) is 5.10 Å². The molecule has 1 amide bonds. The molecule has 7 heteroatoms. The van der Waals surface area contributed by atoms with Gasteiger partial charge in [0.05, 0.1) is 24.2 Å². The van der Waals surface area contributed by atoms with Crippen LogP contribution in [-0.2, 0) is 13.7 Å². The first-order chi connectivity index (χ1) is 12.6. The summed E-state index contributed by atoms with van der Waals surface area (Å²) in [6.07, 6.45) is 1.60. The third-order valence-electron chi connectivity index (χ3n) is 3.88. The first kappa shape index (κ1) is 17.6. The number of carbonyl (C=O) groups is 1. The van der Waals surface area contributed by atoms with Gasteiger partial charge in [0.15, 0.2) is 5.76 Å². The van der Waals surface area contributed by atoms with Crippen LogP contribution in [0.15, 0.2) is 47.0 Å². The van der Waals surface area contributed by atoms with Crippen molar-refractivity contribution in [2.24, 2.45) is 7.05 Å². The molecule has 0 radical (unpaired) electrons. The molecule has 1 aromatic carbocycles. The molecule has 0 saturated heterocycles. The lowest BCUT2D eigenvalue weighted by Crippen LogP contribution is -2.11. The van der Waals surface area contributed by atoms with Crippen LogP contribution in [0.3, 0.4) is 0 Å². The molecule has 0 spiro atoms. The standard InChI is InChI=1S/C19H21N3O4/c1-4-24-14-5-7-15(8-6-14)25-12-16-9-10-18(26-16)19(23)21-17-11-20-22(3)13(17)2/h5-11H,4,12H2,1-3H3,(H,21,23). The summed E-state index contributed by atoms with van der Waals surface area (Å²) < 4.78 is 18.3. The topological polar surface area (TPSA) is 78.5 Å². The molecule has 7 nitrogen and oxygen atoms in total. The van der Waals surface area contributed by atoms with Crippen LogP contribution >= 0.6 is 0 Å². The van der Waals surface area contributed by atoms with E-state index in [4.69, 9.17) is 13.9 Å². The van der Waals surface area contributed by atoms with Crippen molar-refractivity contribution in [1.29, 1.82) is 0 Å². The Labute approximate surface area is 151 Å². The molecule has 3 aromatic rings. The van der Waals surface area contributed by atoms with Crippen molar-refractivity contribution in [2.45, 2.75) is 20.5 Å². The maximum absolute atomic E-state index is 12.3. The molecule has 2 aromatic heterocycles. The summed E-state index contributed by atoms with van der Waals surface area (Å²) >= 11 is 0. The molecule has 0 atom stereocenters. The minimum Gasteiger partial charge on any atom is -0.494 e. The second-order valence-electron chi connectivity index (χ2n) is 5.68. The average molecular weight is 355 g/mol. The molecule has 136 valence electrons. The molecule has 0 fully saturated rings. The Bertz CT molecular complexity index is 881. The van der Waals surface area contributed by atoms with Crippen LogP contribution in [0.5, 0.6) is 11.5 Å². The number of amides is 1. The molecule has 0 aliphatic rings. The van der Waals surface area contributed by atoms with Gasteiger partial charge in [0.2, 0.25) is 0 Å². The van der Waals surface area contributed by atoms with Crippen molar-refractivity contribution in [3.63, 3.8) is 0 Å². The van der Waals surface area contributed by atoms with Gasteiger partial charge in [-0.3, -0.25) is 9.48 Å². The number of carbonyl (C=O) groups excluding carboxylic acids is 1. The maximum atomic E-state index is 12.3. The van der Waals surface area contributed by atoms with Crippen molar-refractivity contribution in [3.8, 4) is 11.5 Å². The van der Waals surface area contributed by atoms with Crippen molar-refractivity contribution < 1.29 is 18.7 Å². The third-order valence-corrected chi connectivity index (χ3v) is 3.88. The van der Waals surface area contributed by atoms with Crippen molar-refractivity contribution in [1.82, 2.24) is 9.78 Å². The van der Waals surface area contributed by atoms with Gasteiger partial charge in [0.1, 0.15) is 23.9 Å². The number of furan rings is 1. The number of nitrogens with zero attached hydrogens (tertiary/aromatic N) is 2. The predicted molar refractivity (Wildman–Crippen MR) is 96.5 cm³/mol. The Hall–Kier alpha value is -3.22. The highest BCUT2D eigenvalue weighted by atomic mass is 16.5. The Morgan fingerprint density at radius 3 is 2.46 bits per heavy atom. The van der Waals surface area contributed by atoms with Gasteiger partial charge in [-0.25, -0.2) is 0 Å². The van der Waals surface area contributed by atoms with Gasteiger partial charge < -0.3 is 19.2 Å². The summed E-state index contributed by atoms with van der Waals surface area (Å²) in [5, 5.41) is 6.87. The SMILES string of the molecule is CCOc1ccc(OCc2ccc(C(=O)Nc3cnn(C)c3C)o2)cc1. The van der Waals surface area contributed by atoms with Crippen LogP contribution in [0.4, 0.5) is 5.69 Å². The smallest absolute Gasteiger partial charge is 0.291 e. The minimum absolute atomic E-state index is 0.221. The van der Waals surface area contributed by atoms with Crippen LogP contribution in [-0.4, -0.2) is 22.3 Å². The zero-order valence-electron chi connectivity index (χ0n) is 15.0. The minimum atomic E-state index is -0.326. The first-order valence-corrected chi connectivity index (χ1v) is 8.31. The van der Waals surface area contributed by atoms with Gasteiger partial charge in [0.25, 0.3) is 5.91 Å². The summed E-state index contributed by atoms with van der Waals surface area (Å²) in [5.41, 5.74) is 1.52. The van der Waals surface area contributed by atoms with E-state index in [9.17, 15) is 4.79 Å². The van der Waals surface area contributed by atoms with Gasteiger partial charge in [-0.05, 0) is 50.2 Å². The van der Waals surface area contributed by atoms with Crippen molar-refractivity contribution in [3.05, 3.63) is 59.8 Å². The third kappa shape index (κ3) is 4.05. The summed E-state index contributed by atoms with van der Waals surface area (Å²) in [6.45, 7) is 4.66. The van der Waals surface area contributed by atoms with E-state index in [0.29, 0.717) is 23.8 Å². The zero-order chi connectivity index (χ0) is 18.5. The van der Waals surface area contributed by atoms with E-state index in [0.717, 1.165) is 11.4 Å². The summed E-state index contributed by atoms with van der Waals surface area (Å²) in [6, 6.07) is 10.7. The van der Waals surface area contributed by atoms with Crippen molar-refractivity contribution in [2.75, 3.05) is 11.9 Å². The van der Waals surface area contributed by atoms with Gasteiger partial charge >= 0.3 is 0 Å². The largest absolute Gasteiger partial charge is 0.494 e. The fraction of sp³-hybridized carbons (Fsp3) is 0.263. The monoisotopic (exact) mass is 355 g/mol. The Morgan fingerprint density at radius 2 is 1.85 bits per heavy atom. The molecule has 0 saturated carbocycles. The van der Waals surface area contributed by atoms with E-state index < -0.39 is 0 Å². The number of anilines is 1. The van der Waals surface area contributed by atoms with Crippen molar-refractivity contribution >= 4 is 11.6 Å². The van der Waals surface area contributed by atoms with Crippen LogP contribution in [0, 0.1) is 6.92 Å². The second-order valence-corrected chi connectivity index (χ2v) is 5.68. The lowest BCUT2D eigenvalue weighted by molar-refractivity contribution is 0.0992. The molecule has 26 heavy (non-hydrogen) atoms. The normalized spacial score (nSPS) is 10.6. The summed E-state index contributed by atoms with van der Waals surface area (Å²) in [4.78, 5) is 12.3. The van der Waals surface area contributed by atoms with E-state index in [1.165, 1.54) is 0 Å². The van der Waals surface area contributed by atoms with E-state index in [1.807, 2.05) is 45.2 Å². The number of nitrogens with one attached hydrogen (secondary N) is 1. The summed E-state index contributed by atoms with van der Waals surface area (Å²) in [5.74, 6) is 1.95. The Kier molecular flexibility index (Phi) is 5.26. The lowest BCUT2D eigenvalue weighted by atomic mass is 10.3. The van der Waals surface area contributed by atoms with E-state index in [2.05, 4.69) is 10.4 Å².